The Labute approximate surface area is 107 Å². The largest absolute Gasteiger partial charge is 0.380 e. The zero-order chi connectivity index (χ0) is 13.3. The maximum atomic E-state index is 12.2. The molecule has 1 N–H and O–H groups in total. The number of carbonyl (C=O) groups excluding carboxylic acids is 1. The molecule has 1 aromatic carbocycles. The predicted molar refractivity (Wildman–Crippen MR) is 70.6 cm³/mol. The number of nitrogens with zero attached hydrogens (tertiary/aromatic N) is 1. The predicted octanol–water partition coefficient (Wildman–Crippen LogP) is 2.56. The first kappa shape index (κ1) is 12.6. The summed E-state index contributed by atoms with van der Waals surface area (Å²) < 4.78 is 1.97. The molecule has 2 rings (SSSR count). The van der Waals surface area contributed by atoms with Gasteiger partial charge in [-0.25, -0.2) is 0 Å². The average molecular weight is 243 g/mol. The maximum absolute atomic E-state index is 12.2. The Morgan fingerprint density at radius 1 is 1.22 bits per heavy atom. The molecule has 0 spiro atoms. The van der Waals surface area contributed by atoms with Crippen molar-refractivity contribution in [3.8, 4) is 0 Å². The van der Waals surface area contributed by atoms with Crippen molar-refractivity contribution in [2.75, 3.05) is 0 Å². The Balaban J connectivity index is 2.34. The second kappa shape index (κ2) is 4.78. The number of Topliss-reactive ketones (excluding diaryl/α,β-unsaturated/α-hetero) is 1. The van der Waals surface area contributed by atoms with E-state index in [0.717, 1.165) is 11.4 Å². The van der Waals surface area contributed by atoms with Gasteiger partial charge < -0.3 is 9.67 Å². The van der Waals surface area contributed by atoms with Gasteiger partial charge in [-0.05, 0) is 19.9 Å². The minimum absolute atomic E-state index is 0.260. The lowest BCUT2D eigenvalue weighted by atomic mass is 10.0. The van der Waals surface area contributed by atoms with Gasteiger partial charge in [-0.3, -0.25) is 4.79 Å². The van der Waals surface area contributed by atoms with Crippen molar-refractivity contribution in [1.29, 1.82) is 0 Å². The summed E-state index contributed by atoms with van der Waals surface area (Å²) in [5.74, 6) is -0.260. The zero-order valence-corrected chi connectivity index (χ0v) is 10.8. The molecule has 0 saturated heterocycles. The highest BCUT2D eigenvalue weighted by Crippen LogP contribution is 2.24. The molecule has 0 aliphatic rings. The van der Waals surface area contributed by atoms with Crippen LogP contribution in [0.15, 0.2) is 36.4 Å². The van der Waals surface area contributed by atoms with Gasteiger partial charge in [0.1, 0.15) is 6.10 Å². The lowest BCUT2D eigenvalue weighted by molar-refractivity contribution is 0.0746. The van der Waals surface area contributed by atoms with Crippen LogP contribution in [-0.4, -0.2) is 15.5 Å². The molecule has 1 heterocycles. The van der Waals surface area contributed by atoms with Gasteiger partial charge in [-0.2, -0.15) is 0 Å². The van der Waals surface area contributed by atoms with Gasteiger partial charge in [-0.1, -0.05) is 30.3 Å². The van der Waals surface area contributed by atoms with Gasteiger partial charge in [0.2, 0.25) is 0 Å². The minimum atomic E-state index is -1.09. The molecule has 3 nitrogen and oxygen atoms in total. The summed E-state index contributed by atoms with van der Waals surface area (Å²) in [7, 11) is 1.92. The quantitative estimate of drug-likeness (QED) is 0.842. The summed E-state index contributed by atoms with van der Waals surface area (Å²) in [5.41, 5.74) is 3.17. The second-order valence-corrected chi connectivity index (χ2v) is 4.52. The Bertz CT molecular complexity index is 570. The summed E-state index contributed by atoms with van der Waals surface area (Å²) in [5, 5.41) is 10.2. The Kier molecular flexibility index (Phi) is 3.34. The summed E-state index contributed by atoms with van der Waals surface area (Å²) in [4.78, 5) is 12.2. The van der Waals surface area contributed by atoms with Crippen LogP contribution in [0.1, 0.15) is 33.4 Å². The number of aryl methyl sites for hydroxylation is 1. The SMILES string of the molecule is Cc1cc(C(O)C(=O)c2ccccc2)c(C)n1C. The van der Waals surface area contributed by atoms with Crippen LogP contribution in [0.2, 0.25) is 0 Å². The van der Waals surface area contributed by atoms with Crippen LogP contribution < -0.4 is 0 Å². The van der Waals surface area contributed by atoms with Crippen LogP contribution in [0.5, 0.6) is 0 Å². The highest BCUT2D eigenvalue weighted by Gasteiger charge is 2.22. The summed E-state index contributed by atoms with van der Waals surface area (Å²) >= 11 is 0. The standard InChI is InChI=1S/C15H17NO2/c1-10-9-13(11(2)16(10)3)15(18)14(17)12-7-5-4-6-8-12/h4-9,15,18H,1-3H3. The van der Waals surface area contributed by atoms with Crippen molar-refractivity contribution in [1.82, 2.24) is 4.57 Å². The van der Waals surface area contributed by atoms with Crippen molar-refractivity contribution in [2.24, 2.45) is 7.05 Å². The Morgan fingerprint density at radius 3 is 2.33 bits per heavy atom. The highest BCUT2D eigenvalue weighted by atomic mass is 16.3. The first-order valence-electron chi connectivity index (χ1n) is 5.92. The molecule has 3 heteroatoms. The lowest BCUT2D eigenvalue weighted by Crippen LogP contribution is -2.13. The zero-order valence-electron chi connectivity index (χ0n) is 10.8. The van der Waals surface area contributed by atoms with E-state index in [-0.39, 0.29) is 5.78 Å². The monoisotopic (exact) mass is 243 g/mol. The fraction of sp³-hybridized carbons (Fsp3) is 0.267. The first-order chi connectivity index (χ1) is 8.52. The number of carbonyl (C=O) groups is 1. The van der Waals surface area contributed by atoms with Gasteiger partial charge in [0, 0.05) is 29.6 Å². The number of hydrogen-bond acceptors (Lipinski definition) is 2. The lowest BCUT2D eigenvalue weighted by Gasteiger charge is -2.10. The number of aromatic nitrogens is 1. The molecule has 18 heavy (non-hydrogen) atoms. The Morgan fingerprint density at radius 2 is 1.83 bits per heavy atom. The van der Waals surface area contributed by atoms with E-state index in [0.29, 0.717) is 11.1 Å². The molecule has 1 aromatic heterocycles. The molecule has 0 amide bonds. The van der Waals surface area contributed by atoms with Crippen molar-refractivity contribution >= 4 is 5.78 Å². The molecule has 0 fully saturated rings. The number of ketones is 1. The number of aliphatic hydroxyl groups excluding tert-OH is 1. The molecule has 0 bridgehead atoms. The number of benzene rings is 1. The number of hydrogen-bond donors (Lipinski definition) is 1. The maximum Gasteiger partial charge on any atom is 0.195 e. The molecule has 0 aliphatic heterocycles. The molecule has 2 aromatic rings. The Hall–Kier alpha value is -1.87. The van der Waals surface area contributed by atoms with E-state index in [1.165, 1.54) is 0 Å². The van der Waals surface area contributed by atoms with E-state index >= 15 is 0 Å². The summed E-state index contributed by atoms with van der Waals surface area (Å²) in [6.07, 6.45) is -1.09. The molecule has 0 saturated carbocycles. The van der Waals surface area contributed by atoms with Gasteiger partial charge in [-0.15, -0.1) is 0 Å². The van der Waals surface area contributed by atoms with Gasteiger partial charge in [0.25, 0.3) is 0 Å². The van der Waals surface area contributed by atoms with Crippen LogP contribution in [-0.2, 0) is 7.05 Å². The van der Waals surface area contributed by atoms with E-state index in [4.69, 9.17) is 0 Å². The minimum Gasteiger partial charge on any atom is -0.380 e. The number of rotatable bonds is 3. The van der Waals surface area contributed by atoms with Crippen LogP contribution in [0.25, 0.3) is 0 Å². The third kappa shape index (κ3) is 2.09. The molecule has 1 atom stereocenters. The van der Waals surface area contributed by atoms with E-state index in [1.54, 1.807) is 24.3 Å². The average Bonchev–Trinajstić information content (AvgIpc) is 2.66. The van der Waals surface area contributed by atoms with E-state index in [9.17, 15) is 9.90 Å². The van der Waals surface area contributed by atoms with Crippen molar-refractivity contribution in [3.05, 3.63) is 58.9 Å². The molecule has 1 unspecified atom stereocenters. The third-order valence-electron chi connectivity index (χ3n) is 3.42. The van der Waals surface area contributed by atoms with Gasteiger partial charge in [0.15, 0.2) is 5.78 Å². The number of aliphatic hydroxyl groups is 1. The van der Waals surface area contributed by atoms with Crippen molar-refractivity contribution < 1.29 is 9.90 Å². The van der Waals surface area contributed by atoms with E-state index < -0.39 is 6.10 Å². The normalized spacial score (nSPS) is 12.4. The fourth-order valence-corrected chi connectivity index (χ4v) is 2.06. The molecular weight excluding hydrogens is 226 g/mol. The second-order valence-electron chi connectivity index (χ2n) is 4.52. The van der Waals surface area contributed by atoms with Gasteiger partial charge in [0.05, 0.1) is 0 Å². The topological polar surface area (TPSA) is 42.2 Å². The van der Waals surface area contributed by atoms with Crippen LogP contribution in [0, 0.1) is 13.8 Å². The molecule has 0 radical (unpaired) electrons. The summed E-state index contributed by atoms with van der Waals surface area (Å²) in [6.45, 7) is 3.86. The van der Waals surface area contributed by atoms with E-state index in [2.05, 4.69) is 0 Å². The third-order valence-corrected chi connectivity index (χ3v) is 3.42. The molecular formula is C15H17NO2. The van der Waals surface area contributed by atoms with E-state index in [1.807, 2.05) is 37.6 Å². The molecule has 0 aliphatic carbocycles. The van der Waals surface area contributed by atoms with Gasteiger partial charge >= 0.3 is 0 Å². The fourth-order valence-electron chi connectivity index (χ4n) is 2.06. The van der Waals surface area contributed by atoms with Crippen LogP contribution in [0.3, 0.4) is 0 Å². The van der Waals surface area contributed by atoms with Crippen molar-refractivity contribution in [3.63, 3.8) is 0 Å². The van der Waals surface area contributed by atoms with Crippen molar-refractivity contribution in [2.45, 2.75) is 20.0 Å². The highest BCUT2D eigenvalue weighted by molar-refractivity contribution is 6.00. The molecule has 94 valence electrons. The smallest absolute Gasteiger partial charge is 0.195 e. The van der Waals surface area contributed by atoms with Crippen LogP contribution >= 0.6 is 0 Å². The first-order valence-corrected chi connectivity index (χ1v) is 5.92. The summed E-state index contributed by atoms with van der Waals surface area (Å²) in [6, 6.07) is 10.7. The van der Waals surface area contributed by atoms with Crippen LogP contribution in [0.4, 0.5) is 0 Å².